The van der Waals surface area contributed by atoms with Gasteiger partial charge in [0.15, 0.2) is 0 Å². The van der Waals surface area contributed by atoms with Gasteiger partial charge in [0.05, 0.1) is 10.2 Å². The number of hydrogen-bond acceptors (Lipinski definition) is 3. The van der Waals surface area contributed by atoms with E-state index in [1.165, 1.54) is 12.3 Å². The zero-order valence-corrected chi connectivity index (χ0v) is 9.20. The third kappa shape index (κ3) is 2.12. The second-order valence-corrected chi connectivity index (χ2v) is 3.78. The number of nitrogens with two attached hydrogens (primary N) is 1. The fraction of sp³-hybridized carbons (Fsp3) is 0. The van der Waals surface area contributed by atoms with Crippen LogP contribution in [-0.2, 0) is 0 Å². The van der Waals surface area contributed by atoms with Crippen LogP contribution < -0.4 is 5.73 Å². The van der Waals surface area contributed by atoms with Crippen LogP contribution in [0.2, 0.25) is 0 Å². The zero-order chi connectivity index (χ0) is 10.8. The number of aromatic nitrogens is 2. The van der Waals surface area contributed by atoms with E-state index in [0.717, 1.165) is 0 Å². The number of hydrogen-bond donors (Lipinski definition) is 1. The molecule has 1 aromatic heterocycles. The number of halogens is 2. The van der Waals surface area contributed by atoms with Gasteiger partial charge in [-0.25, -0.2) is 14.4 Å². The number of anilines is 1. The molecular weight excluding hydrogens is 261 g/mol. The summed E-state index contributed by atoms with van der Waals surface area (Å²) < 4.78 is 13.7. The summed E-state index contributed by atoms with van der Waals surface area (Å²) in [6.07, 6.45) is 1.54. The first-order valence-corrected chi connectivity index (χ1v) is 5.00. The molecule has 0 unspecified atom stereocenters. The highest BCUT2D eigenvalue weighted by Crippen LogP contribution is 2.23. The van der Waals surface area contributed by atoms with Crippen LogP contribution in [0.25, 0.3) is 11.3 Å². The van der Waals surface area contributed by atoms with Gasteiger partial charge in [-0.15, -0.1) is 0 Å². The Morgan fingerprint density at radius 3 is 2.73 bits per heavy atom. The smallest absolute Gasteiger partial charge is 0.220 e. The molecule has 0 saturated heterocycles. The van der Waals surface area contributed by atoms with Crippen LogP contribution in [0.1, 0.15) is 0 Å². The van der Waals surface area contributed by atoms with E-state index >= 15 is 0 Å². The van der Waals surface area contributed by atoms with Gasteiger partial charge in [-0.2, -0.15) is 0 Å². The summed E-state index contributed by atoms with van der Waals surface area (Å²) in [4.78, 5) is 7.77. The molecule has 0 aliphatic heterocycles. The van der Waals surface area contributed by atoms with Gasteiger partial charge in [0.1, 0.15) is 5.82 Å². The van der Waals surface area contributed by atoms with Gasteiger partial charge in [-0.1, -0.05) is 6.07 Å². The lowest BCUT2D eigenvalue weighted by Gasteiger charge is -2.02. The lowest BCUT2D eigenvalue weighted by Crippen LogP contribution is -1.95. The summed E-state index contributed by atoms with van der Waals surface area (Å²) in [6, 6.07) is 6.46. The molecule has 0 radical (unpaired) electrons. The molecule has 2 rings (SSSR count). The number of rotatable bonds is 1. The second-order valence-electron chi connectivity index (χ2n) is 2.93. The van der Waals surface area contributed by atoms with E-state index in [-0.39, 0.29) is 11.8 Å². The Morgan fingerprint density at radius 2 is 2.07 bits per heavy atom. The minimum absolute atomic E-state index is 0.177. The lowest BCUT2D eigenvalue weighted by molar-refractivity contribution is 0.621. The molecule has 76 valence electrons. The van der Waals surface area contributed by atoms with Crippen molar-refractivity contribution in [3.63, 3.8) is 0 Å². The average Bonchev–Trinajstić information content (AvgIpc) is 2.22. The molecule has 0 amide bonds. The average molecular weight is 268 g/mol. The molecule has 2 N–H and O–H groups in total. The van der Waals surface area contributed by atoms with Gasteiger partial charge in [-0.05, 0) is 34.1 Å². The van der Waals surface area contributed by atoms with E-state index < -0.39 is 0 Å². The highest BCUT2D eigenvalue weighted by molar-refractivity contribution is 9.10. The number of benzene rings is 1. The SMILES string of the molecule is Nc1nccc(-c2ccc(Br)c(F)c2)n1. The van der Waals surface area contributed by atoms with Crippen molar-refractivity contribution in [2.75, 3.05) is 5.73 Å². The van der Waals surface area contributed by atoms with E-state index in [1.807, 2.05) is 0 Å². The van der Waals surface area contributed by atoms with Crippen LogP contribution in [0.3, 0.4) is 0 Å². The van der Waals surface area contributed by atoms with Crippen molar-refractivity contribution >= 4 is 21.9 Å². The molecule has 5 heteroatoms. The van der Waals surface area contributed by atoms with Crippen LogP contribution in [-0.4, -0.2) is 9.97 Å². The van der Waals surface area contributed by atoms with Crippen LogP contribution in [0, 0.1) is 5.82 Å². The molecule has 0 spiro atoms. The fourth-order valence-corrected chi connectivity index (χ4v) is 1.44. The molecule has 3 nitrogen and oxygen atoms in total. The maximum atomic E-state index is 13.2. The Labute approximate surface area is 94.3 Å². The molecule has 0 bridgehead atoms. The number of nitrogens with zero attached hydrogens (tertiary/aromatic N) is 2. The van der Waals surface area contributed by atoms with Crippen molar-refractivity contribution in [2.45, 2.75) is 0 Å². The second kappa shape index (κ2) is 3.94. The number of nitrogen functional groups attached to an aromatic ring is 1. The van der Waals surface area contributed by atoms with E-state index in [2.05, 4.69) is 25.9 Å². The quantitative estimate of drug-likeness (QED) is 0.864. The summed E-state index contributed by atoms with van der Waals surface area (Å²) in [5.74, 6) is -0.152. The topological polar surface area (TPSA) is 51.8 Å². The van der Waals surface area contributed by atoms with Crippen molar-refractivity contribution in [3.05, 3.63) is 40.8 Å². The monoisotopic (exact) mass is 267 g/mol. The van der Waals surface area contributed by atoms with Gasteiger partial charge in [0.2, 0.25) is 5.95 Å². The minimum Gasteiger partial charge on any atom is -0.368 e. The van der Waals surface area contributed by atoms with Gasteiger partial charge in [0.25, 0.3) is 0 Å². The standard InChI is InChI=1S/C10H7BrFN3/c11-7-2-1-6(5-8(7)12)9-3-4-14-10(13)15-9/h1-5H,(H2,13,14,15). The van der Waals surface area contributed by atoms with E-state index in [4.69, 9.17) is 5.73 Å². The van der Waals surface area contributed by atoms with Gasteiger partial charge in [-0.3, -0.25) is 0 Å². The van der Waals surface area contributed by atoms with Crippen molar-refractivity contribution < 1.29 is 4.39 Å². The van der Waals surface area contributed by atoms with Crippen molar-refractivity contribution in [1.82, 2.24) is 9.97 Å². The first-order valence-electron chi connectivity index (χ1n) is 4.21. The Balaban J connectivity index is 2.50. The fourth-order valence-electron chi connectivity index (χ4n) is 1.19. The Bertz CT molecular complexity index is 502. The summed E-state index contributed by atoms with van der Waals surface area (Å²) in [5.41, 5.74) is 6.72. The van der Waals surface area contributed by atoms with E-state index in [9.17, 15) is 4.39 Å². The molecule has 1 aromatic carbocycles. The van der Waals surface area contributed by atoms with Crippen molar-refractivity contribution in [3.8, 4) is 11.3 Å². The van der Waals surface area contributed by atoms with Crippen molar-refractivity contribution in [2.24, 2.45) is 0 Å². The molecule has 0 saturated carbocycles. The highest BCUT2D eigenvalue weighted by atomic mass is 79.9. The third-order valence-electron chi connectivity index (χ3n) is 1.89. The van der Waals surface area contributed by atoms with Gasteiger partial charge in [0, 0.05) is 11.8 Å². The lowest BCUT2D eigenvalue weighted by atomic mass is 10.1. The van der Waals surface area contributed by atoms with Gasteiger partial charge >= 0.3 is 0 Å². The normalized spacial score (nSPS) is 10.3. The molecule has 0 aliphatic carbocycles. The van der Waals surface area contributed by atoms with Crippen LogP contribution in [0.5, 0.6) is 0 Å². The molecule has 0 fully saturated rings. The Hall–Kier alpha value is -1.49. The molecular formula is C10H7BrFN3. The van der Waals surface area contributed by atoms with E-state index in [0.29, 0.717) is 15.7 Å². The predicted octanol–water partition coefficient (Wildman–Crippen LogP) is 2.63. The summed E-state index contributed by atoms with van der Waals surface area (Å²) in [5, 5.41) is 0. The highest BCUT2D eigenvalue weighted by Gasteiger charge is 2.04. The third-order valence-corrected chi connectivity index (χ3v) is 2.53. The summed E-state index contributed by atoms with van der Waals surface area (Å²) in [6.45, 7) is 0. The van der Waals surface area contributed by atoms with Gasteiger partial charge < -0.3 is 5.73 Å². The van der Waals surface area contributed by atoms with E-state index in [1.54, 1.807) is 18.2 Å². The molecule has 0 atom stereocenters. The first kappa shape index (κ1) is 10.0. The maximum Gasteiger partial charge on any atom is 0.220 e. The molecule has 0 aliphatic rings. The summed E-state index contributed by atoms with van der Waals surface area (Å²) in [7, 11) is 0. The molecule has 2 aromatic rings. The molecule has 15 heavy (non-hydrogen) atoms. The van der Waals surface area contributed by atoms with Crippen LogP contribution in [0.4, 0.5) is 10.3 Å². The zero-order valence-electron chi connectivity index (χ0n) is 7.61. The van der Waals surface area contributed by atoms with Crippen molar-refractivity contribution in [1.29, 1.82) is 0 Å². The maximum absolute atomic E-state index is 13.2. The Morgan fingerprint density at radius 1 is 1.27 bits per heavy atom. The predicted molar refractivity (Wildman–Crippen MR) is 59.5 cm³/mol. The van der Waals surface area contributed by atoms with Crippen LogP contribution >= 0.6 is 15.9 Å². The Kier molecular flexibility index (Phi) is 2.64. The molecule has 1 heterocycles. The summed E-state index contributed by atoms with van der Waals surface area (Å²) >= 11 is 3.08. The van der Waals surface area contributed by atoms with Crippen LogP contribution in [0.15, 0.2) is 34.9 Å². The minimum atomic E-state index is -0.329. The largest absolute Gasteiger partial charge is 0.368 e. The first-order chi connectivity index (χ1) is 7.16.